The molecule has 6 nitrogen and oxygen atoms in total. The maximum atomic E-state index is 13.5. The van der Waals surface area contributed by atoms with Crippen LogP contribution in [0.5, 0.6) is 0 Å². The Balaban J connectivity index is 4.79. The Morgan fingerprint density at radius 1 is 0.358 bits per heavy atom. The fourth-order valence-electron chi connectivity index (χ4n) is 7.64. The maximum Gasteiger partial charge on any atom is 0.210 e. The van der Waals surface area contributed by atoms with E-state index < -0.39 is 35.2 Å². The zero-order valence-electron chi connectivity index (χ0n) is 35.6. The van der Waals surface area contributed by atoms with Crippen LogP contribution in [0.2, 0.25) is 0 Å². The first-order valence-electron chi connectivity index (χ1n) is 23.4. The first kappa shape index (κ1) is 51.9. The summed E-state index contributed by atoms with van der Waals surface area (Å²) in [6.07, 6.45) is 35.6. The second-order valence-electron chi connectivity index (χ2n) is 16.5. The lowest BCUT2D eigenvalue weighted by Gasteiger charge is -2.32. The van der Waals surface area contributed by atoms with Crippen LogP contribution in [0.3, 0.4) is 0 Å². The average Bonchev–Trinajstić information content (AvgIpc) is 3.16. The Bertz CT molecular complexity index is 803. The summed E-state index contributed by atoms with van der Waals surface area (Å²) in [4.78, 5) is 39.9. The smallest absolute Gasteiger partial charge is 0.210 e. The van der Waals surface area contributed by atoms with Gasteiger partial charge >= 0.3 is 0 Å². The third kappa shape index (κ3) is 28.0. The molecule has 6 heteroatoms. The minimum atomic E-state index is -2.75. The van der Waals surface area contributed by atoms with Crippen molar-refractivity contribution in [2.24, 2.45) is 0 Å². The third-order valence-corrected chi connectivity index (χ3v) is 11.4. The van der Waals surface area contributed by atoms with Crippen molar-refractivity contribution in [3.63, 3.8) is 0 Å². The van der Waals surface area contributed by atoms with Gasteiger partial charge in [-0.15, -0.1) is 0 Å². The van der Waals surface area contributed by atoms with Gasteiger partial charge in [0.05, 0.1) is 0 Å². The number of hydrogen-bond donors (Lipinski definition) is 3. The molecular weight excluding hydrogens is 661 g/mol. The van der Waals surface area contributed by atoms with Gasteiger partial charge in [-0.3, -0.25) is 14.4 Å². The van der Waals surface area contributed by atoms with Crippen molar-refractivity contribution >= 4 is 17.3 Å². The summed E-state index contributed by atoms with van der Waals surface area (Å²) in [5, 5.41) is 33.6. The molecule has 0 aromatic heterocycles. The van der Waals surface area contributed by atoms with Crippen molar-refractivity contribution in [2.75, 3.05) is 0 Å². The Morgan fingerprint density at radius 2 is 0.566 bits per heavy atom. The predicted octanol–water partition coefficient (Wildman–Crippen LogP) is 13.0. The van der Waals surface area contributed by atoms with Crippen LogP contribution in [-0.4, -0.2) is 50.5 Å². The molecule has 0 saturated heterocycles. The van der Waals surface area contributed by atoms with E-state index in [0.717, 1.165) is 57.8 Å². The summed E-state index contributed by atoms with van der Waals surface area (Å²) in [6, 6.07) is 0. The largest absolute Gasteiger partial charge is 0.386 e. The summed E-state index contributed by atoms with van der Waals surface area (Å²) < 4.78 is 0. The van der Waals surface area contributed by atoms with Gasteiger partial charge in [-0.25, -0.2) is 0 Å². The zero-order valence-corrected chi connectivity index (χ0v) is 35.6. The van der Waals surface area contributed by atoms with Crippen LogP contribution in [0.4, 0.5) is 0 Å². The van der Waals surface area contributed by atoms with Crippen LogP contribution in [0.1, 0.15) is 265 Å². The number of unbranched alkanes of at least 4 members (excludes halogenated alkanes) is 32. The SMILES string of the molecule is CCCCCCCCCCCCCCCC(=O)C(O)C(O)C(O)(C(=O)CCCCCCCCCCCCC)C(=O)CCCCCCCCCCCCC. The van der Waals surface area contributed by atoms with Crippen molar-refractivity contribution < 1.29 is 29.7 Å². The van der Waals surface area contributed by atoms with Crippen LogP contribution < -0.4 is 0 Å². The Morgan fingerprint density at radius 3 is 0.811 bits per heavy atom. The highest BCUT2D eigenvalue weighted by atomic mass is 16.4. The average molecular weight is 751 g/mol. The van der Waals surface area contributed by atoms with Gasteiger partial charge in [0, 0.05) is 19.3 Å². The summed E-state index contributed by atoms with van der Waals surface area (Å²) in [5.41, 5.74) is -2.75. The van der Waals surface area contributed by atoms with Crippen LogP contribution in [0, 0.1) is 0 Å². The molecule has 0 amide bonds. The van der Waals surface area contributed by atoms with Crippen molar-refractivity contribution in [2.45, 2.75) is 283 Å². The van der Waals surface area contributed by atoms with E-state index in [4.69, 9.17) is 0 Å². The van der Waals surface area contributed by atoms with Gasteiger partial charge in [0.25, 0.3) is 0 Å². The molecule has 0 aliphatic rings. The molecule has 0 heterocycles. The van der Waals surface area contributed by atoms with Gasteiger partial charge < -0.3 is 15.3 Å². The molecule has 0 aliphatic carbocycles. The van der Waals surface area contributed by atoms with E-state index in [1.807, 2.05) is 0 Å². The summed E-state index contributed by atoms with van der Waals surface area (Å²) in [6.45, 7) is 6.70. The first-order valence-corrected chi connectivity index (χ1v) is 23.4. The quantitative estimate of drug-likeness (QED) is 0.0422. The van der Waals surface area contributed by atoms with Gasteiger partial charge in [0.1, 0.15) is 12.2 Å². The zero-order chi connectivity index (χ0) is 39.3. The molecule has 0 aliphatic heterocycles. The Kier molecular flexibility index (Phi) is 37.0. The van der Waals surface area contributed by atoms with Crippen molar-refractivity contribution in [3.8, 4) is 0 Å². The Labute approximate surface area is 328 Å². The molecule has 0 spiro atoms. The van der Waals surface area contributed by atoms with Crippen LogP contribution in [-0.2, 0) is 14.4 Å². The molecule has 314 valence electrons. The van der Waals surface area contributed by atoms with Crippen LogP contribution >= 0.6 is 0 Å². The number of Topliss-reactive ketones (excluding diaryl/α,β-unsaturated/α-hetero) is 3. The lowest BCUT2D eigenvalue weighted by atomic mass is 9.79. The molecule has 0 radical (unpaired) electrons. The fraction of sp³-hybridized carbons (Fsp3) is 0.936. The number of hydrogen-bond acceptors (Lipinski definition) is 6. The molecule has 0 rings (SSSR count). The van der Waals surface area contributed by atoms with Crippen molar-refractivity contribution in [3.05, 3.63) is 0 Å². The standard InChI is InChI=1S/C47H90O6/c1-4-7-10-13-16-19-22-23-26-27-30-33-36-39-42(48)45(51)46(52)47(53,43(49)40-37-34-31-28-24-20-17-14-11-8-5-2)44(50)41-38-35-32-29-25-21-18-15-12-9-6-3/h45-46,51-53H,4-41H2,1-3H3. The Hall–Kier alpha value is -1.11. The number of rotatable bonds is 43. The molecule has 0 saturated carbocycles. The number of aliphatic hydroxyl groups is 3. The van der Waals surface area contributed by atoms with Gasteiger partial charge in [-0.05, 0) is 19.3 Å². The molecule has 0 fully saturated rings. The number of carbonyl (C=O) groups excluding carboxylic acids is 3. The predicted molar refractivity (Wildman–Crippen MR) is 224 cm³/mol. The molecule has 2 atom stereocenters. The summed E-state index contributed by atoms with van der Waals surface area (Å²) in [7, 11) is 0. The second kappa shape index (κ2) is 37.8. The van der Waals surface area contributed by atoms with E-state index in [1.54, 1.807) is 0 Å². The molecule has 0 aromatic rings. The monoisotopic (exact) mass is 751 g/mol. The van der Waals surface area contributed by atoms with E-state index in [9.17, 15) is 29.7 Å². The fourth-order valence-corrected chi connectivity index (χ4v) is 7.64. The van der Waals surface area contributed by atoms with Crippen LogP contribution in [0.25, 0.3) is 0 Å². The molecule has 53 heavy (non-hydrogen) atoms. The van der Waals surface area contributed by atoms with Gasteiger partial charge in [0.2, 0.25) is 5.60 Å². The van der Waals surface area contributed by atoms with Crippen LogP contribution in [0.15, 0.2) is 0 Å². The first-order chi connectivity index (χ1) is 25.8. The lowest BCUT2D eigenvalue weighted by molar-refractivity contribution is -0.174. The van der Waals surface area contributed by atoms with E-state index in [-0.39, 0.29) is 19.3 Å². The van der Waals surface area contributed by atoms with Gasteiger partial charge in [-0.2, -0.15) is 0 Å². The van der Waals surface area contributed by atoms with E-state index in [0.29, 0.717) is 19.3 Å². The molecule has 3 N–H and O–H groups in total. The van der Waals surface area contributed by atoms with Crippen molar-refractivity contribution in [1.82, 2.24) is 0 Å². The molecule has 0 bridgehead atoms. The van der Waals surface area contributed by atoms with Gasteiger partial charge in [-0.1, -0.05) is 226 Å². The highest BCUT2D eigenvalue weighted by Gasteiger charge is 2.52. The molecule has 0 aromatic carbocycles. The molecule has 2 unspecified atom stereocenters. The third-order valence-electron chi connectivity index (χ3n) is 11.4. The topological polar surface area (TPSA) is 112 Å². The lowest BCUT2D eigenvalue weighted by Crippen LogP contribution is -2.61. The van der Waals surface area contributed by atoms with E-state index in [2.05, 4.69) is 20.8 Å². The van der Waals surface area contributed by atoms with E-state index in [1.165, 1.54) is 148 Å². The normalized spacial score (nSPS) is 13.0. The second-order valence-corrected chi connectivity index (χ2v) is 16.5. The number of ketones is 3. The maximum absolute atomic E-state index is 13.5. The minimum absolute atomic E-state index is 0.0473. The number of carbonyl (C=O) groups is 3. The summed E-state index contributed by atoms with van der Waals surface area (Å²) in [5.74, 6) is -2.13. The molecular formula is C47H90O6. The minimum Gasteiger partial charge on any atom is -0.386 e. The van der Waals surface area contributed by atoms with Gasteiger partial charge in [0.15, 0.2) is 17.3 Å². The highest BCUT2D eigenvalue weighted by molar-refractivity contribution is 6.11. The summed E-state index contributed by atoms with van der Waals surface area (Å²) >= 11 is 0. The number of aliphatic hydroxyl groups excluding tert-OH is 2. The van der Waals surface area contributed by atoms with E-state index >= 15 is 0 Å². The van der Waals surface area contributed by atoms with Crippen molar-refractivity contribution in [1.29, 1.82) is 0 Å². The highest BCUT2D eigenvalue weighted by Crippen LogP contribution is 2.26.